The Balaban J connectivity index is 1.57. The van der Waals surface area contributed by atoms with Crippen molar-refractivity contribution in [3.63, 3.8) is 0 Å². The molecule has 0 aliphatic heterocycles. The number of thioether (sulfide) groups is 2. The van der Waals surface area contributed by atoms with E-state index in [4.69, 9.17) is 5.11 Å². The van der Waals surface area contributed by atoms with E-state index in [0.717, 1.165) is 38.7 Å². The average Bonchev–Trinajstić information content (AvgIpc) is 3.30. The first-order valence-electron chi connectivity index (χ1n) is 8.57. The molecule has 4 aromatic rings. The topological polar surface area (TPSA) is 63.8 Å². The van der Waals surface area contributed by atoms with Crippen molar-refractivity contribution in [2.45, 2.75) is 21.7 Å². The number of aliphatic hydroxyl groups is 1. The summed E-state index contributed by atoms with van der Waals surface area (Å²) in [6, 6.07) is 18.3. The Kier molecular flexibility index (Phi) is 6.08. The summed E-state index contributed by atoms with van der Waals surface area (Å²) in [5.41, 5.74) is 2.09. The van der Waals surface area contributed by atoms with Crippen LogP contribution in [0.3, 0.4) is 0 Å². The quantitative estimate of drug-likeness (QED) is 0.335. The van der Waals surface area contributed by atoms with Crippen molar-refractivity contribution < 1.29 is 5.11 Å². The minimum Gasteiger partial charge on any atom is -0.396 e. The second kappa shape index (κ2) is 8.88. The molecular weight excluding hydrogens is 396 g/mol. The molecule has 1 N–H and O–H groups in total. The van der Waals surface area contributed by atoms with Crippen LogP contribution in [-0.2, 0) is 5.75 Å². The van der Waals surface area contributed by atoms with Crippen molar-refractivity contribution in [1.29, 1.82) is 0 Å². The van der Waals surface area contributed by atoms with Crippen molar-refractivity contribution in [3.05, 3.63) is 60.4 Å². The highest BCUT2D eigenvalue weighted by atomic mass is 32.2. The van der Waals surface area contributed by atoms with Crippen LogP contribution in [0.5, 0.6) is 0 Å². The number of nitrogens with zero attached hydrogens (tertiary/aromatic N) is 4. The molecule has 2 aromatic heterocycles. The Morgan fingerprint density at radius 2 is 1.78 bits per heavy atom. The van der Waals surface area contributed by atoms with Gasteiger partial charge < -0.3 is 5.11 Å². The highest BCUT2D eigenvalue weighted by Crippen LogP contribution is 2.32. The Morgan fingerprint density at radius 1 is 0.963 bits per heavy atom. The molecule has 0 radical (unpaired) electrons. The van der Waals surface area contributed by atoms with Crippen LogP contribution in [0, 0.1) is 0 Å². The maximum atomic E-state index is 9.04. The van der Waals surface area contributed by atoms with Gasteiger partial charge in [0.25, 0.3) is 0 Å². The molecule has 0 saturated carbocycles. The number of fused-ring (bicyclic) bond motifs is 1. The molecule has 4 rings (SSSR count). The second-order valence-electron chi connectivity index (χ2n) is 5.73. The van der Waals surface area contributed by atoms with Crippen LogP contribution in [0.2, 0.25) is 0 Å². The van der Waals surface area contributed by atoms with E-state index in [1.165, 1.54) is 4.70 Å². The van der Waals surface area contributed by atoms with Crippen LogP contribution in [0.1, 0.15) is 12.2 Å². The summed E-state index contributed by atoms with van der Waals surface area (Å²) < 4.78 is 4.33. The first kappa shape index (κ1) is 18.5. The van der Waals surface area contributed by atoms with Gasteiger partial charge in [-0.05, 0) is 30.7 Å². The molecule has 0 unspecified atom stereocenters. The van der Waals surface area contributed by atoms with Gasteiger partial charge in [-0.2, -0.15) is 0 Å². The molecule has 0 aliphatic rings. The number of hydrogen-bond acceptors (Lipinski definition) is 7. The summed E-state index contributed by atoms with van der Waals surface area (Å²) in [5, 5.41) is 18.7. The summed E-state index contributed by atoms with van der Waals surface area (Å²) in [4.78, 5) is 4.69. The minimum absolute atomic E-state index is 0.187. The fraction of sp³-hybridized carbons (Fsp3) is 0.211. The molecule has 2 aromatic carbocycles. The fourth-order valence-electron chi connectivity index (χ4n) is 2.59. The van der Waals surface area contributed by atoms with Gasteiger partial charge in [-0.15, -0.1) is 21.5 Å². The average molecular weight is 415 g/mol. The maximum Gasteiger partial charge on any atom is 0.195 e. The molecule has 5 nitrogen and oxygen atoms in total. The third-order valence-electron chi connectivity index (χ3n) is 3.85. The van der Waals surface area contributed by atoms with E-state index in [1.54, 1.807) is 34.9 Å². The minimum atomic E-state index is 0.187. The highest BCUT2D eigenvalue weighted by Gasteiger charge is 2.15. The molecule has 0 saturated heterocycles. The SMILES string of the molecule is OCCCSc1nnc(CSc2nc3ccccc3s2)n1-c1ccccc1. The number of para-hydroxylation sites is 2. The van der Waals surface area contributed by atoms with E-state index in [-0.39, 0.29) is 6.61 Å². The molecule has 138 valence electrons. The summed E-state index contributed by atoms with van der Waals surface area (Å²) in [5.74, 6) is 2.41. The third kappa shape index (κ3) is 4.35. The van der Waals surface area contributed by atoms with Crippen molar-refractivity contribution in [2.75, 3.05) is 12.4 Å². The molecule has 27 heavy (non-hydrogen) atoms. The van der Waals surface area contributed by atoms with Gasteiger partial charge in [0.1, 0.15) is 5.82 Å². The number of thiazole rings is 1. The molecule has 2 heterocycles. The molecular formula is C19H18N4OS3. The van der Waals surface area contributed by atoms with E-state index in [0.29, 0.717) is 5.75 Å². The standard InChI is InChI=1S/C19H18N4OS3/c24-11-6-12-25-18-22-21-17(23(18)14-7-2-1-3-8-14)13-26-19-20-15-9-4-5-10-16(15)27-19/h1-5,7-10,24H,6,11-13H2. The van der Waals surface area contributed by atoms with Crippen molar-refractivity contribution >= 4 is 45.1 Å². The first-order chi connectivity index (χ1) is 13.3. The van der Waals surface area contributed by atoms with Gasteiger partial charge in [0, 0.05) is 18.0 Å². The number of aromatic nitrogens is 4. The Labute approximate surface area is 169 Å². The lowest BCUT2D eigenvalue weighted by Crippen LogP contribution is -2.02. The van der Waals surface area contributed by atoms with E-state index in [1.807, 2.05) is 36.4 Å². The Hall–Kier alpha value is -1.87. The monoisotopic (exact) mass is 414 g/mol. The van der Waals surface area contributed by atoms with Crippen LogP contribution in [0.25, 0.3) is 15.9 Å². The van der Waals surface area contributed by atoms with Gasteiger partial charge in [0.15, 0.2) is 9.50 Å². The molecule has 0 atom stereocenters. The number of hydrogen-bond donors (Lipinski definition) is 1. The van der Waals surface area contributed by atoms with E-state index in [9.17, 15) is 0 Å². The molecule has 0 aliphatic carbocycles. The van der Waals surface area contributed by atoms with Crippen LogP contribution in [0.15, 0.2) is 64.1 Å². The summed E-state index contributed by atoms with van der Waals surface area (Å²) >= 11 is 5.01. The number of aliphatic hydroxyl groups excluding tert-OH is 1. The number of rotatable bonds is 8. The zero-order valence-corrected chi connectivity index (χ0v) is 16.9. The molecule has 8 heteroatoms. The summed E-state index contributed by atoms with van der Waals surface area (Å²) in [7, 11) is 0. The lowest BCUT2D eigenvalue weighted by molar-refractivity contribution is 0.296. The third-order valence-corrected chi connectivity index (χ3v) is 7.04. The van der Waals surface area contributed by atoms with E-state index in [2.05, 4.69) is 37.9 Å². The number of benzene rings is 2. The van der Waals surface area contributed by atoms with Crippen molar-refractivity contribution in [2.24, 2.45) is 0 Å². The van der Waals surface area contributed by atoms with Gasteiger partial charge in [-0.3, -0.25) is 4.57 Å². The summed E-state index contributed by atoms with van der Waals surface area (Å²) in [6.45, 7) is 0.187. The van der Waals surface area contributed by atoms with Crippen LogP contribution < -0.4 is 0 Å². The summed E-state index contributed by atoms with van der Waals surface area (Å²) in [6.07, 6.45) is 0.738. The van der Waals surface area contributed by atoms with Gasteiger partial charge in [-0.25, -0.2) is 4.98 Å². The zero-order chi connectivity index (χ0) is 18.5. The van der Waals surface area contributed by atoms with Crippen LogP contribution >= 0.6 is 34.9 Å². The van der Waals surface area contributed by atoms with Crippen molar-refractivity contribution in [3.8, 4) is 5.69 Å². The van der Waals surface area contributed by atoms with E-state index < -0.39 is 0 Å². The molecule has 0 bridgehead atoms. The first-order valence-corrected chi connectivity index (χ1v) is 11.4. The Bertz CT molecular complexity index is 983. The molecule has 0 fully saturated rings. The zero-order valence-electron chi connectivity index (χ0n) is 14.5. The van der Waals surface area contributed by atoms with Crippen LogP contribution in [0.4, 0.5) is 0 Å². The van der Waals surface area contributed by atoms with Crippen molar-refractivity contribution in [1.82, 2.24) is 19.7 Å². The van der Waals surface area contributed by atoms with Gasteiger partial charge in [0.05, 0.1) is 16.0 Å². The fourth-order valence-corrected chi connectivity index (χ4v) is 5.47. The smallest absolute Gasteiger partial charge is 0.195 e. The second-order valence-corrected chi connectivity index (χ2v) is 9.05. The normalized spacial score (nSPS) is 11.3. The lowest BCUT2D eigenvalue weighted by Gasteiger charge is -2.09. The predicted molar refractivity (Wildman–Crippen MR) is 113 cm³/mol. The van der Waals surface area contributed by atoms with Gasteiger partial charge in [0.2, 0.25) is 0 Å². The lowest BCUT2D eigenvalue weighted by atomic mass is 10.3. The predicted octanol–water partition coefficient (Wildman–Crippen LogP) is 4.64. The van der Waals surface area contributed by atoms with Crippen LogP contribution in [-0.4, -0.2) is 37.2 Å². The van der Waals surface area contributed by atoms with E-state index >= 15 is 0 Å². The van der Waals surface area contributed by atoms with Gasteiger partial charge in [-0.1, -0.05) is 53.9 Å². The highest BCUT2D eigenvalue weighted by molar-refractivity contribution is 8.00. The maximum absolute atomic E-state index is 9.04. The largest absolute Gasteiger partial charge is 0.396 e. The molecule has 0 spiro atoms. The Morgan fingerprint density at radius 3 is 2.59 bits per heavy atom. The van der Waals surface area contributed by atoms with Gasteiger partial charge >= 0.3 is 0 Å². The molecule has 0 amide bonds.